The second-order valence-corrected chi connectivity index (χ2v) is 4.10. The molecular weight excluding hydrogens is 254 g/mol. The summed E-state index contributed by atoms with van der Waals surface area (Å²) in [5, 5.41) is 9.64. The van der Waals surface area contributed by atoms with Crippen LogP contribution in [0.5, 0.6) is 11.5 Å². The summed E-state index contributed by atoms with van der Waals surface area (Å²) in [6.07, 6.45) is 2.77. The molecule has 1 heterocycles. The molecule has 0 spiro atoms. The van der Waals surface area contributed by atoms with Gasteiger partial charge in [-0.2, -0.15) is 0 Å². The topological polar surface area (TPSA) is 59.4 Å². The third-order valence-corrected chi connectivity index (χ3v) is 2.80. The van der Waals surface area contributed by atoms with Crippen molar-refractivity contribution in [2.75, 3.05) is 0 Å². The maximum atomic E-state index is 11.0. The van der Waals surface area contributed by atoms with Crippen LogP contribution in [0.1, 0.15) is 15.9 Å². The minimum Gasteiger partial charge on any atom is -0.478 e. The van der Waals surface area contributed by atoms with Crippen molar-refractivity contribution < 1.29 is 14.6 Å². The summed E-state index contributed by atoms with van der Waals surface area (Å²) in [6.45, 7) is 1.84. The molecule has 0 fully saturated rings. The summed E-state index contributed by atoms with van der Waals surface area (Å²) in [4.78, 5) is 14.9. The number of benzene rings is 1. The first-order valence-electron chi connectivity index (χ1n) is 5.19. The van der Waals surface area contributed by atoms with Gasteiger partial charge in [-0.25, -0.2) is 4.79 Å². The molecule has 0 aliphatic rings. The third kappa shape index (κ3) is 2.60. The first-order valence-corrected chi connectivity index (χ1v) is 5.57. The zero-order chi connectivity index (χ0) is 13.1. The summed E-state index contributed by atoms with van der Waals surface area (Å²) in [5.41, 5.74) is 0.924. The molecule has 0 aliphatic carbocycles. The van der Waals surface area contributed by atoms with E-state index in [0.29, 0.717) is 10.8 Å². The standard InChI is InChI=1S/C13H10ClNO3/c1-8-6-9(2-3-11(8)14)18-12-7-15-5-4-10(12)13(16)17/h2-7H,1H3,(H,16,17). The monoisotopic (exact) mass is 263 g/mol. The number of halogens is 1. The highest BCUT2D eigenvalue weighted by molar-refractivity contribution is 6.31. The number of ether oxygens (including phenoxy) is 1. The van der Waals surface area contributed by atoms with Gasteiger partial charge in [0.2, 0.25) is 0 Å². The van der Waals surface area contributed by atoms with Crippen LogP contribution < -0.4 is 4.74 Å². The Morgan fingerprint density at radius 1 is 1.39 bits per heavy atom. The zero-order valence-electron chi connectivity index (χ0n) is 9.55. The molecule has 4 nitrogen and oxygen atoms in total. The molecule has 0 atom stereocenters. The van der Waals surface area contributed by atoms with E-state index in [0.717, 1.165) is 5.56 Å². The summed E-state index contributed by atoms with van der Waals surface area (Å²) in [6, 6.07) is 6.50. The Morgan fingerprint density at radius 2 is 2.17 bits per heavy atom. The quantitative estimate of drug-likeness (QED) is 0.920. The Morgan fingerprint density at radius 3 is 2.83 bits per heavy atom. The number of aromatic carboxylic acids is 1. The highest BCUT2D eigenvalue weighted by Crippen LogP contribution is 2.27. The molecule has 5 heteroatoms. The predicted molar refractivity (Wildman–Crippen MR) is 67.5 cm³/mol. The lowest BCUT2D eigenvalue weighted by molar-refractivity contribution is 0.0694. The van der Waals surface area contributed by atoms with Crippen molar-refractivity contribution in [3.63, 3.8) is 0 Å². The van der Waals surface area contributed by atoms with E-state index in [9.17, 15) is 4.79 Å². The molecule has 0 aliphatic heterocycles. The van der Waals surface area contributed by atoms with E-state index in [1.165, 1.54) is 18.5 Å². The van der Waals surface area contributed by atoms with Gasteiger partial charge in [-0.1, -0.05) is 11.6 Å². The molecule has 0 unspecified atom stereocenters. The summed E-state index contributed by atoms with van der Waals surface area (Å²) in [7, 11) is 0. The van der Waals surface area contributed by atoms with Gasteiger partial charge in [-0.05, 0) is 36.8 Å². The number of rotatable bonds is 3. The maximum Gasteiger partial charge on any atom is 0.339 e. The van der Waals surface area contributed by atoms with Gasteiger partial charge < -0.3 is 9.84 Å². The fraction of sp³-hybridized carbons (Fsp3) is 0.0769. The largest absolute Gasteiger partial charge is 0.478 e. The number of hydrogen-bond acceptors (Lipinski definition) is 3. The molecule has 1 aromatic carbocycles. The molecule has 0 saturated carbocycles. The number of nitrogens with zero attached hydrogens (tertiary/aromatic N) is 1. The van der Waals surface area contributed by atoms with Crippen LogP contribution in [-0.4, -0.2) is 16.1 Å². The van der Waals surface area contributed by atoms with Gasteiger partial charge in [0.05, 0.1) is 6.20 Å². The minimum atomic E-state index is -1.06. The fourth-order valence-corrected chi connectivity index (χ4v) is 1.56. The summed E-state index contributed by atoms with van der Waals surface area (Å²) < 4.78 is 5.50. The second kappa shape index (κ2) is 5.06. The number of pyridine rings is 1. The van der Waals surface area contributed by atoms with E-state index in [1.807, 2.05) is 6.92 Å². The molecule has 2 rings (SSSR count). The zero-order valence-corrected chi connectivity index (χ0v) is 10.3. The molecule has 0 bridgehead atoms. The SMILES string of the molecule is Cc1cc(Oc2cnccc2C(=O)O)ccc1Cl. The Balaban J connectivity index is 2.34. The molecular formula is C13H10ClNO3. The Hall–Kier alpha value is -2.07. The average molecular weight is 264 g/mol. The van der Waals surface area contributed by atoms with Crippen LogP contribution >= 0.6 is 11.6 Å². The van der Waals surface area contributed by atoms with E-state index in [1.54, 1.807) is 18.2 Å². The van der Waals surface area contributed by atoms with Gasteiger partial charge in [0.1, 0.15) is 11.3 Å². The number of hydrogen-bond donors (Lipinski definition) is 1. The van der Waals surface area contributed by atoms with Crippen LogP contribution in [0, 0.1) is 6.92 Å². The van der Waals surface area contributed by atoms with Crippen molar-refractivity contribution in [2.45, 2.75) is 6.92 Å². The first kappa shape index (κ1) is 12.4. The van der Waals surface area contributed by atoms with E-state index >= 15 is 0 Å². The molecule has 0 saturated heterocycles. The van der Waals surface area contributed by atoms with E-state index in [-0.39, 0.29) is 11.3 Å². The van der Waals surface area contributed by atoms with Crippen molar-refractivity contribution in [2.24, 2.45) is 0 Å². The van der Waals surface area contributed by atoms with Crippen molar-refractivity contribution in [1.82, 2.24) is 4.98 Å². The highest BCUT2D eigenvalue weighted by Gasteiger charge is 2.11. The molecule has 0 radical (unpaired) electrons. The molecule has 0 amide bonds. The van der Waals surface area contributed by atoms with Gasteiger partial charge in [-0.3, -0.25) is 4.98 Å². The predicted octanol–water partition coefficient (Wildman–Crippen LogP) is 3.53. The molecule has 2 aromatic rings. The van der Waals surface area contributed by atoms with Gasteiger partial charge in [-0.15, -0.1) is 0 Å². The van der Waals surface area contributed by atoms with Crippen molar-refractivity contribution in [1.29, 1.82) is 0 Å². The van der Waals surface area contributed by atoms with Crippen LogP contribution in [0.3, 0.4) is 0 Å². The van der Waals surface area contributed by atoms with Crippen LogP contribution in [0.4, 0.5) is 0 Å². The van der Waals surface area contributed by atoms with Gasteiger partial charge >= 0.3 is 5.97 Å². The number of aromatic nitrogens is 1. The maximum absolute atomic E-state index is 11.0. The number of aryl methyl sites for hydroxylation is 1. The van der Waals surface area contributed by atoms with E-state index in [2.05, 4.69) is 4.98 Å². The average Bonchev–Trinajstić information content (AvgIpc) is 2.34. The Bertz CT molecular complexity index is 599. The minimum absolute atomic E-state index is 0.0672. The van der Waals surface area contributed by atoms with Crippen molar-refractivity contribution >= 4 is 17.6 Å². The lowest BCUT2D eigenvalue weighted by Gasteiger charge is -2.09. The summed E-state index contributed by atoms with van der Waals surface area (Å²) in [5.74, 6) is -0.336. The Labute approximate surface area is 109 Å². The van der Waals surface area contributed by atoms with Crippen molar-refractivity contribution in [3.8, 4) is 11.5 Å². The third-order valence-electron chi connectivity index (χ3n) is 2.37. The van der Waals surface area contributed by atoms with Crippen LogP contribution in [0.25, 0.3) is 0 Å². The van der Waals surface area contributed by atoms with Crippen LogP contribution in [0.2, 0.25) is 5.02 Å². The van der Waals surface area contributed by atoms with Gasteiger partial charge in [0.15, 0.2) is 5.75 Å². The molecule has 1 aromatic heterocycles. The van der Waals surface area contributed by atoms with Crippen LogP contribution in [0.15, 0.2) is 36.7 Å². The first-order chi connectivity index (χ1) is 8.58. The number of carboxylic acids is 1. The molecule has 92 valence electrons. The second-order valence-electron chi connectivity index (χ2n) is 3.69. The van der Waals surface area contributed by atoms with Crippen LogP contribution in [-0.2, 0) is 0 Å². The number of carboxylic acid groups (broad SMARTS) is 1. The smallest absolute Gasteiger partial charge is 0.339 e. The van der Waals surface area contributed by atoms with Gasteiger partial charge in [0, 0.05) is 11.2 Å². The van der Waals surface area contributed by atoms with Crippen molar-refractivity contribution in [3.05, 3.63) is 52.8 Å². The number of carbonyl (C=O) groups is 1. The Kier molecular flexibility index (Phi) is 3.48. The lowest BCUT2D eigenvalue weighted by atomic mass is 10.2. The normalized spacial score (nSPS) is 10.1. The van der Waals surface area contributed by atoms with Gasteiger partial charge in [0.25, 0.3) is 0 Å². The fourth-order valence-electron chi connectivity index (χ4n) is 1.45. The molecule has 18 heavy (non-hydrogen) atoms. The van der Waals surface area contributed by atoms with E-state index in [4.69, 9.17) is 21.4 Å². The highest BCUT2D eigenvalue weighted by atomic mass is 35.5. The summed E-state index contributed by atoms with van der Waals surface area (Å²) >= 11 is 5.90. The lowest BCUT2D eigenvalue weighted by Crippen LogP contribution is -2.00. The van der Waals surface area contributed by atoms with E-state index < -0.39 is 5.97 Å². The molecule has 1 N–H and O–H groups in total.